The van der Waals surface area contributed by atoms with E-state index in [0.29, 0.717) is 24.7 Å². The maximum Gasteiger partial charge on any atom is 0.178 e. The molecule has 0 N–H and O–H groups in total. The molecule has 2 nitrogen and oxygen atoms in total. The van der Waals surface area contributed by atoms with Crippen LogP contribution in [0.2, 0.25) is 39.3 Å². The highest BCUT2D eigenvalue weighted by atomic mass is 28.3. The summed E-state index contributed by atoms with van der Waals surface area (Å²) in [5, 5.41) is 0. The molecule has 2 aromatic carbocycles. The number of allylic oxidation sites excluding steroid dienone is 4. The lowest BCUT2D eigenvalue weighted by atomic mass is 10.2. The minimum Gasteiger partial charge on any atom is -0.485 e. The molecule has 0 aliphatic heterocycles. The van der Waals surface area contributed by atoms with Crippen molar-refractivity contribution in [3.8, 4) is 46.6 Å². The van der Waals surface area contributed by atoms with Gasteiger partial charge in [-0.25, -0.2) is 0 Å². The second-order valence-corrected chi connectivity index (χ2v) is 19.7. The molecule has 0 radical (unpaired) electrons. The standard InChI is InChI=1S/2C17H20OSi/c2*1-5-18-17(12-9-15-19(2,3)4)14-13-16-10-7-6-8-11-16/h2*6-8,10-12H,5H2,1-4H3/b2*17-12-. The maximum absolute atomic E-state index is 5.48. The SMILES string of the molecule is CCO/C(C#Cc1ccccc1)=C\C#C[Si](C)(C)C.CCO/C(C#Cc1ccccc1)=C\C#C[Si](C)(C)C. The van der Waals surface area contributed by atoms with Crippen LogP contribution in [0.4, 0.5) is 0 Å². The van der Waals surface area contributed by atoms with Gasteiger partial charge in [0.05, 0.1) is 13.2 Å². The second-order valence-electron chi connectivity index (χ2n) is 10.2. The second kappa shape index (κ2) is 17.6. The summed E-state index contributed by atoms with van der Waals surface area (Å²) >= 11 is 0. The fraction of sp³-hybridized carbons (Fsp3) is 0.294. The molecule has 0 spiro atoms. The van der Waals surface area contributed by atoms with Crippen molar-refractivity contribution in [1.82, 2.24) is 0 Å². The summed E-state index contributed by atoms with van der Waals surface area (Å²) in [4.78, 5) is 0. The van der Waals surface area contributed by atoms with Gasteiger partial charge in [-0.2, -0.15) is 0 Å². The van der Waals surface area contributed by atoms with Crippen LogP contribution in [-0.2, 0) is 9.47 Å². The zero-order valence-corrected chi connectivity index (χ0v) is 26.2. The number of hydrogen-bond acceptors (Lipinski definition) is 2. The Kier molecular flexibility index (Phi) is 14.9. The topological polar surface area (TPSA) is 18.5 Å². The summed E-state index contributed by atoms with van der Waals surface area (Å²) in [7, 11) is -2.69. The van der Waals surface area contributed by atoms with Crippen LogP contribution >= 0.6 is 0 Å². The first-order chi connectivity index (χ1) is 18.0. The highest BCUT2D eigenvalue weighted by Crippen LogP contribution is 2.02. The van der Waals surface area contributed by atoms with Gasteiger partial charge in [0.2, 0.25) is 0 Å². The molecule has 0 bridgehead atoms. The van der Waals surface area contributed by atoms with Crippen LogP contribution < -0.4 is 0 Å². The van der Waals surface area contributed by atoms with E-state index in [1.807, 2.05) is 74.5 Å². The molecule has 0 aliphatic carbocycles. The Morgan fingerprint density at radius 1 is 0.605 bits per heavy atom. The van der Waals surface area contributed by atoms with Crippen molar-refractivity contribution >= 4 is 16.1 Å². The third-order valence-electron chi connectivity index (χ3n) is 4.11. The quantitative estimate of drug-likeness (QED) is 0.227. The Labute approximate surface area is 233 Å². The van der Waals surface area contributed by atoms with E-state index < -0.39 is 16.1 Å². The van der Waals surface area contributed by atoms with E-state index in [1.165, 1.54) is 0 Å². The van der Waals surface area contributed by atoms with Crippen LogP contribution in [0, 0.1) is 46.6 Å². The number of rotatable bonds is 4. The molecule has 0 atom stereocenters. The van der Waals surface area contributed by atoms with Gasteiger partial charge in [-0.05, 0) is 50.0 Å². The van der Waals surface area contributed by atoms with Gasteiger partial charge in [-0.1, -0.05) is 99.4 Å². The maximum atomic E-state index is 5.48. The minimum atomic E-state index is -1.34. The van der Waals surface area contributed by atoms with Gasteiger partial charge < -0.3 is 9.47 Å². The van der Waals surface area contributed by atoms with Gasteiger partial charge >= 0.3 is 0 Å². The molecule has 38 heavy (non-hydrogen) atoms. The fourth-order valence-electron chi connectivity index (χ4n) is 2.49. The Morgan fingerprint density at radius 2 is 0.947 bits per heavy atom. The monoisotopic (exact) mass is 536 g/mol. The predicted octanol–water partition coefficient (Wildman–Crippen LogP) is 7.68. The first-order valence-corrected chi connectivity index (χ1v) is 19.9. The smallest absolute Gasteiger partial charge is 0.178 e. The molecule has 0 fully saturated rings. The van der Waals surface area contributed by atoms with Crippen LogP contribution in [0.1, 0.15) is 25.0 Å². The van der Waals surface area contributed by atoms with Crippen molar-refractivity contribution in [2.75, 3.05) is 13.2 Å². The Bertz CT molecular complexity index is 1190. The molecule has 0 amide bonds. The van der Waals surface area contributed by atoms with E-state index in [9.17, 15) is 0 Å². The fourth-order valence-corrected chi connectivity index (χ4v) is 3.50. The first-order valence-electron chi connectivity index (χ1n) is 12.9. The van der Waals surface area contributed by atoms with Crippen molar-refractivity contribution in [1.29, 1.82) is 0 Å². The summed E-state index contributed by atoms with van der Waals surface area (Å²) in [6, 6.07) is 19.7. The van der Waals surface area contributed by atoms with E-state index in [1.54, 1.807) is 12.2 Å². The molecular formula is C34H40O2Si2. The third kappa shape index (κ3) is 17.6. The average molecular weight is 537 g/mol. The van der Waals surface area contributed by atoms with Crippen molar-refractivity contribution < 1.29 is 9.47 Å². The predicted molar refractivity (Wildman–Crippen MR) is 168 cm³/mol. The Morgan fingerprint density at radius 3 is 1.24 bits per heavy atom. The molecule has 0 aromatic heterocycles. The molecule has 2 rings (SSSR count). The number of ether oxygens (including phenoxy) is 2. The molecule has 0 unspecified atom stereocenters. The summed E-state index contributed by atoms with van der Waals surface area (Å²) < 4.78 is 11.0. The van der Waals surface area contributed by atoms with Crippen molar-refractivity contribution in [2.24, 2.45) is 0 Å². The van der Waals surface area contributed by atoms with Gasteiger partial charge in [-0.3, -0.25) is 0 Å². The van der Waals surface area contributed by atoms with Crippen molar-refractivity contribution in [2.45, 2.75) is 53.1 Å². The molecule has 196 valence electrons. The lowest BCUT2D eigenvalue weighted by Gasteiger charge is -2.03. The van der Waals surface area contributed by atoms with E-state index in [0.717, 1.165) is 11.1 Å². The largest absolute Gasteiger partial charge is 0.485 e. The molecular weight excluding hydrogens is 497 g/mol. The van der Waals surface area contributed by atoms with Crippen LogP contribution in [0.25, 0.3) is 0 Å². The van der Waals surface area contributed by atoms with Gasteiger partial charge in [0.1, 0.15) is 16.1 Å². The van der Waals surface area contributed by atoms with Crippen LogP contribution in [-0.4, -0.2) is 29.4 Å². The minimum absolute atomic E-state index is 0.601. The Balaban J connectivity index is 0.000000380. The van der Waals surface area contributed by atoms with Crippen LogP contribution in [0.3, 0.4) is 0 Å². The van der Waals surface area contributed by atoms with Gasteiger partial charge in [-0.15, -0.1) is 11.1 Å². The van der Waals surface area contributed by atoms with Crippen molar-refractivity contribution in [3.63, 3.8) is 0 Å². The lowest BCUT2D eigenvalue weighted by molar-refractivity contribution is 0.246. The van der Waals surface area contributed by atoms with E-state index in [2.05, 4.69) is 85.9 Å². The van der Waals surface area contributed by atoms with E-state index >= 15 is 0 Å². The van der Waals surface area contributed by atoms with E-state index in [-0.39, 0.29) is 0 Å². The highest BCUT2D eigenvalue weighted by molar-refractivity contribution is 6.84. The van der Waals surface area contributed by atoms with Gasteiger partial charge in [0, 0.05) is 23.3 Å². The molecule has 4 heteroatoms. The summed E-state index contributed by atoms with van der Waals surface area (Å²) in [6.07, 6.45) is 3.55. The normalized spacial score (nSPS) is 10.8. The zero-order chi connectivity index (χ0) is 28.3. The van der Waals surface area contributed by atoms with Crippen molar-refractivity contribution in [3.05, 3.63) is 95.5 Å². The molecule has 0 saturated heterocycles. The summed E-state index contributed by atoms with van der Waals surface area (Å²) in [5.41, 5.74) is 8.50. The highest BCUT2D eigenvalue weighted by Gasteiger charge is 2.07. The molecule has 0 aliphatic rings. The third-order valence-corrected chi connectivity index (χ3v) is 5.90. The number of benzene rings is 2. The van der Waals surface area contributed by atoms with Gasteiger partial charge in [0.25, 0.3) is 0 Å². The molecule has 0 saturated carbocycles. The zero-order valence-electron chi connectivity index (χ0n) is 24.2. The molecule has 2 aromatic rings. The first kappa shape index (κ1) is 32.2. The van der Waals surface area contributed by atoms with E-state index in [4.69, 9.17) is 9.47 Å². The van der Waals surface area contributed by atoms with Crippen LogP contribution in [0.15, 0.2) is 84.3 Å². The summed E-state index contributed by atoms with van der Waals surface area (Å²) in [5.74, 6) is 19.6. The average Bonchev–Trinajstić information content (AvgIpc) is 2.86. The number of hydrogen-bond donors (Lipinski definition) is 0. The van der Waals surface area contributed by atoms with Gasteiger partial charge in [0.15, 0.2) is 11.5 Å². The lowest BCUT2D eigenvalue weighted by Crippen LogP contribution is -2.16. The van der Waals surface area contributed by atoms with Crippen LogP contribution in [0.5, 0.6) is 0 Å². The Hall–Kier alpha value is -3.81. The summed E-state index contributed by atoms with van der Waals surface area (Å²) in [6.45, 7) is 18.4. The molecule has 0 heterocycles.